The van der Waals surface area contributed by atoms with Crippen molar-refractivity contribution >= 4 is 18.1 Å². The summed E-state index contributed by atoms with van der Waals surface area (Å²) in [7, 11) is 0. The van der Waals surface area contributed by atoms with E-state index in [4.69, 9.17) is 9.47 Å². The highest BCUT2D eigenvalue weighted by atomic mass is 16.6. The number of hydrogen-bond donors (Lipinski definition) is 0. The summed E-state index contributed by atoms with van der Waals surface area (Å²) >= 11 is 0. The molecule has 3 amide bonds. The van der Waals surface area contributed by atoms with E-state index >= 15 is 0 Å². The van der Waals surface area contributed by atoms with Crippen molar-refractivity contribution in [3.05, 3.63) is 71.8 Å². The van der Waals surface area contributed by atoms with Crippen LogP contribution in [0, 0.1) is 0 Å². The first-order chi connectivity index (χ1) is 20.2. The number of hydrogen-bond acceptors (Lipinski definition) is 6. The molecule has 234 valence electrons. The lowest BCUT2D eigenvalue weighted by Crippen LogP contribution is -2.56. The Labute approximate surface area is 256 Å². The van der Waals surface area contributed by atoms with Crippen LogP contribution in [0.15, 0.2) is 60.7 Å². The van der Waals surface area contributed by atoms with E-state index < -0.39 is 17.3 Å². The fourth-order valence-electron chi connectivity index (χ4n) is 5.33. The predicted octanol–water partition coefficient (Wildman–Crippen LogP) is 5.54. The van der Waals surface area contributed by atoms with Crippen molar-refractivity contribution in [1.29, 1.82) is 0 Å². The molecule has 1 spiro atoms. The van der Waals surface area contributed by atoms with Gasteiger partial charge in [0.2, 0.25) is 5.91 Å². The summed E-state index contributed by atoms with van der Waals surface area (Å²) < 4.78 is 10.8. The third-order valence-electron chi connectivity index (χ3n) is 7.68. The Morgan fingerprint density at radius 2 is 1.19 bits per heavy atom. The molecule has 9 nitrogen and oxygen atoms in total. The Hall–Kier alpha value is -3.59. The standard InChI is InChI=1S/C18H26N2O2.C16H22N2O3/c1-17(2,3)22-16(21)19-11-12-20(18(14-19)9-10-18)13-15-7-5-4-6-8-15;1-16(2,3)21-15(20)18-10-9-17(14(19)12-18)11-13-7-5-4-6-8-13/h4-8H,9-14H2,1-3H3;4-8H,9-12H2,1-3H3. The molecule has 0 aromatic heterocycles. The van der Waals surface area contributed by atoms with Crippen molar-refractivity contribution < 1.29 is 23.9 Å². The van der Waals surface area contributed by atoms with Crippen molar-refractivity contribution in [1.82, 2.24) is 19.6 Å². The number of piperazine rings is 2. The third kappa shape index (κ3) is 9.71. The molecule has 43 heavy (non-hydrogen) atoms. The average molecular weight is 593 g/mol. The molecule has 5 rings (SSSR count). The monoisotopic (exact) mass is 592 g/mol. The largest absolute Gasteiger partial charge is 0.444 e. The van der Waals surface area contributed by atoms with Crippen LogP contribution in [0.2, 0.25) is 0 Å². The molecule has 0 atom stereocenters. The van der Waals surface area contributed by atoms with Crippen LogP contribution in [0.25, 0.3) is 0 Å². The Bertz CT molecular complexity index is 1230. The van der Waals surface area contributed by atoms with Crippen LogP contribution < -0.4 is 0 Å². The summed E-state index contributed by atoms with van der Waals surface area (Å²) in [5.41, 5.74) is 1.66. The van der Waals surface area contributed by atoms with Gasteiger partial charge in [-0.05, 0) is 65.5 Å². The first-order valence-corrected chi connectivity index (χ1v) is 15.3. The van der Waals surface area contributed by atoms with Crippen LogP contribution >= 0.6 is 0 Å². The van der Waals surface area contributed by atoms with Crippen molar-refractivity contribution in [3.63, 3.8) is 0 Å². The lowest BCUT2D eigenvalue weighted by atomic mass is 10.1. The lowest BCUT2D eigenvalue weighted by Gasteiger charge is -2.42. The van der Waals surface area contributed by atoms with Crippen LogP contribution in [-0.4, -0.2) is 93.7 Å². The van der Waals surface area contributed by atoms with E-state index in [-0.39, 0.29) is 24.1 Å². The third-order valence-corrected chi connectivity index (χ3v) is 7.68. The van der Waals surface area contributed by atoms with Crippen molar-refractivity contribution in [2.75, 3.05) is 39.3 Å². The van der Waals surface area contributed by atoms with E-state index in [9.17, 15) is 14.4 Å². The van der Waals surface area contributed by atoms with Gasteiger partial charge in [0.1, 0.15) is 17.7 Å². The lowest BCUT2D eigenvalue weighted by molar-refractivity contribution is -0.136. The Kier molecular flexibility index (Phi) is 10.1. The fraction of sp³-hybridized carbons (Fsp3) is 0.559. The smallest absolute Gasteiger partial charge is 0.410 e. The minimum absolute atomic E-state index is 0.0454. The zero-order valence-corrected chi connectivity index (χ0v) is 26.7. The van der Waals surface area contributed by atoms with Gasteiger partial charge in [0, 0.05) is 51.4 Å². The Balaban J connectivity index is 0.000000197. The summed E-state index contributed by atoms with van der Waals surface area (Å²) in [6.45, 7) is 16.4. The van der Waals surface area contributed by atoms with E-state index in [0.29, 0.717) is 19.6 Å². The summed E-state index contributed by atoms with van der Waals surface area (Å²) in [6, 6.07) is 20.4. The summed E-state index contributed by atoms with van der Waals surface area (Å²) in [4.78, 5) is 44.1. The van der Waals surface area contributed by atoms with Crippen LogP contribution in [0.3, 0.4) is 0 Å². The molecule has 3 aliphatic rings. The van der Waals surface area contributed by atoms with Crippen LogP contribution in [0.4, 0.5) is 9.59 Å². The maximum atomic E-state index is 12.3. The molecule has 0 N–H and O–H groups in total. The zero-order chi connectivity index (χ0) is 31.3. The SMILES string of the molecule is CC(C)(C)OC(=O)N1CCN(Cc2ccccc2)C(=O)C1.CC(C)(C)OC(=O)N1CCN(Cc2ccccc2)C2(CC2)C1. The van der Waals surface area contributed by atoms with E-state index in [0.717, 1.165) is 31.7 Å². The minimum atomic E-state index is -0.540. The quantitative estimate of drug-likeness (QED) is 0.464. The van der Waals surface area contributed by atoms with E-state index in [1.807, 2.05) is 76.8 Å². The molecule has 1 aliphatic carbocycles. The van der Waals surface area contributed by atoms with Crippen LogP contribution in [-0.2, 0) is 27.4 Å². The van der Waals surface area contributed by atoms with Gasteiger partial charge in [-0.1, -0.05) is 60.7 Å². The Morgan fingerprint density at radius 3 is 1.67 bits per heavy atom. The molecular weight excluding hydrogens is 544 g/mol. The summed E-state index contributed by atoms with van der Waals surface area (Å²) in [5, 5.41) is 0. The summed E-state index contributed by atoms with van der Waals surface area (Å²) in [6.07, 6.45) is 1.77. The van der Waals surface area contributed by atoms with Gasteiger partial charge in [-0.15, -0.1) is 0 Å². The first kappa shape index (κ1) is 32.3. The maximum Gasteiger partial charge on any atom is 0.410 e. The molecule has 2 heterocycles. The molecule has 2 aliphatic heterocycles. The van der Waals surface area contributed by atoms with Gasteiger partial charge in [0.05, 0.1) is 0 Å². The molecule has 0 unspecified atom stereocenters. The predicted molar refractivity (Wildman–Crippen MR) is 166 cm³/mol. The van der Waals surface area contributed by atoms with Gasteiger partial charge < -0.3 is 19.3 Å². The van der Waals surface area contributed by atoms with E-state index in [2.05, 4.69) is 35.2 Å². The van der Waals surface area contributed by atoms with E-state index in [1.165, 1.54) is 23.3 Å². The highest BCUT2D eigenvalue weighted by Gasteiger charge is 2.52. The number of nitrogens with zero attached hydrogens (tertiary/aromatic N) is 4. The summed E-state index contributed by atoms with van der Waals surface area (Å²) in [5.74, 6) is -0.0454. The van der Waals surface area contributed by atoms with Gasteiger partial charge in [0.15, 0.2) is 0 Å². The topological polar surface area (TPSA) is 82.6 Å². The van der Waals surface area contributed by atoms with Gasteiger partial charge in [-0.25, -0.2) is 9.59 Å². The highest BCUT2D eigenvalue weighted by molar-refractivity contribution is 5.83. The first-order valence-electron chi connectivity index (χ1n) is 15.3. The normalized spacial score (nSPS) is 18.6. The number of carbonyl (C=O) groups excluding carboxylic acids is 3. The van der Waals surface area contributed by atoms with E-state index in [1.54, 1.807) is 4.90 Å². The number of amides is 3. The van der Waals surface area contributed by atoms with Crippen LogP contribution in [0.1, 0.15) is 65.5 Å². The second-order valence-electron chi connectivity index (χ2n) is 13.7. The molecule has 2 saturated heterocycles. The Morgan fingerprint density at radius 1 is 0.698 bits per heavy atom. The van der Waals surface area contributed by atoms with Gasteiger partial charge >= 0.3 is 12.2 Å². The zero-order valence-electron chi connectivity index (χ0n) is 26.7. The van der Waals surface area contributed by atoms with Crippen molar-refractivity contribution in [2.24, 2.45) is 0 Å². The fourth-order valence-corrected chi connectivity index (χ4v) is 5.33. The molecule has 3 fully saturated rings. The van der Waals surface area contributed by atoms with Crippen LogP contribution in [0.5, 0.6) is 0 Å². The van der Waals surface area contributed by atoms with Crippen molar-refractivity contribution in [2.45, 2.75) is 84.2 Å². The van der Waals surface area contributed by atoms with Gasteiger partial charge in [-0.2, -0.15) is 0 Å². The molecule has 0 radical (unpaired) electrons. The molecular formula is C34H48N4O5. The number of carbonyl (C=O) groups is 3. The molecule has 2 aromatic carbocycles. The highest BCUT2D eigenvalue weighted by Crippen LogP contribution is 2.45. The number of ether oxygens (including phenoxy) is 2. The molecule has 0 bridgehead atoms. The number of benzene rings is 2. The van der Waals surface area contributed by atoms with Gasteiger partial charge in [-0.3, -0.25) is 14.6 Å². The second kappa shape index (κ2) is 13.4. The average Bonchev–Trinajstić information content (AvgIpc) is 3.70. The number of rotatable bonds is 4. The molecule has 9 heteroatoms. The maximum absolute atomic E-state index is 12.3. The van der Waals surface area contributed by atoms with Gasteiger partial charge in [0.25, 0.3) is 0 Å². The van der Waals surface area contributed by atoms with Crippen molar-refractivity contribution in [3.8, 4) is 0 Å². The molecule has 1 saturated carbocycles. The minimum Gasteiger partial charge on any atom is -0.444 e. The molecule has 2 aromatic rings. The second-order valence-corrected chi connectivity index (χ2v) is 13.7.